The van der Waals surface area contributed by atoms with Gasteiger partial charge in [-0.2, -0.15) is 0 Å². The number of hydrogen-bond donors (Lipinski definition) is 1. The highest BCUT2D eigenvalue weighted by atomic mass is 16.4. The van der Waals surface area contributed by atoms with Crippen molar-refractivity contribution in [1.82, 2.24) is 4.90 Å². The van der Waals surface area contributed by atoms with Crippen LogP contribution in [0.25, 0.3) is 0 Å². The summed E-state index contributed by atoms with van der Waals surface area (Å²) in [7, 11) is 1.35. The molecule has 5 nitrogen and oxygen atoms in total. The summed E-state index contributed by atoms with van der Waals surface area (Å²) in [4.78, 5) is 22.4. The maximum atomic E-state index is 10.8. The van der Waals surface area contributed by atoms with Crippen LogP contribution < -0.4 is 0 Å². The first kappa shape index (κ1) is 6.73. The van der Waals surface area contributed by atoms with Gasteiger partial charge in [-0.25, -0.2) is 0 Å². The lowest BCUT2D eigenvalue weighted by Crippen LogP contribution is -2.25. The number of nitrogens with zero attached hydrogens (tertiary/aromatic N) is 2. The summed E-state index contributed by atoms with van der Waals surface area (Å²) in [5.41, 5.74) is -0.0903. The van der Waals surface area contributed by atoms with Crippen LogP contribution in [0.1, 0.15) is 6.42 Å². The number of likely N-dealkylation sites (tertiary alicyclic amines) is 1. The Hall–Kier alpha value is -1.39. The maximum absolute atomic E-state index is 10.8. The molecule has 0 saturated carbocycles. The van der Waals surface area contributed by atoms with Gasteiger partial charge >= 0.3 is 0 Å². The molecular formula is C5H6N2O3. The van der Waals surface area contributed by atoms with Crippen LogP contribution in [-0.2, 0) is 9.59 Å². The van der Waals surface area contributed by atoms with E-state index in [-0.39, 0.29) is 18.0 Å². The zero-order valence-electron chi connectivity index (χ0n) is 5.37. The molecule has 1 heterocycles. The normalized spacial score (nSPS) is 22.9. The highest BCUT2D eigenvalue weighted by molar-refractivity contribution is 6.48. The molecule has 0 aromatic rings. The first-order chi connectivity index (χ1) is 4.66. The molecule has 0 unspecified atom stereocenters. The first-order valence-corrected chi connectivity index (χ1v) is 2.68. The molecule has 0 spiro atoms. The number of carbonyl (C=O) groups excluding carboxylic acids is 2. The van der Waals surface area contributed by atoms with Gasteiger partial charge in [0.15, 0.2) is 5.71 Å². The Morgan fingerprint density at radius 3 is 2.40 bits per heavy atom. The van der Waals surface area contributed by atoms with Gasteiger partial charge in [0.1, 0.15) is 0 Å². The molecule has 0 bridgehead atoms. The van der Waals surface area contributed by atoms with Crippen molar-refractivity contribution < 1.29 is 14.8 Å². The summed E-state index contributed by atoms with van der Waals surface area (Å²) in [6, 6.07) is 0. The third-order valence-electron chi connectivity index (χ3n) is 1.36. The molecular weight excluding hydrogens is 136 g/mol. The van der Waals surface area contributed by atoms with Crippen molar-refractivity contribution in [2.45, 2.75) is 6.42 Å². The molecule has 1 aliphatic heterocycles. The SMILES string of the molecule is CN1C(=O)C/C(=N/O)C1=O. The largest absolute Gasteiger partial charge is 0.410 e. The van der Waals surface area contributed by atoms with Gasteiger partial charge in [-0.05, 0) is 0 Å². The molecule has 10 heavy (non-hydrogen) atoms. The lowest BCUT2D eigenvalue weighted by atomic mass is 10.3. The maximum Gasteiger partial charge on any atom is 0.278 e. The Bertz CT molecular complexity index is 221. The van der Waals surface area contributed by atoms with E-state index in [4.69, 9.17) is 5.21 Å². The van der Waals surface area contributed by atoms with E-state index in [2.05, 4.69) is 5.16 Å². The summed E-state index contributed by atoms with van der Waals surface area (Å²) in [6.45, 7) is 0. The Morgan fingerprint density at radius 2 is 2.20 bits per heavy atom. The predicted octanol–water partition coefficient (Wildman–Crippen LogP) is -0.795. The third kappa shape index (κ3) is 0.754. The standard InChI is InChI=1S/C5H6N2O3/c1-7-4(8)2-3(6-10)5(7)9/h10H,2H2,1H3/b6-3-. The zero-order chi connectivity index (χ0) is 7.72. The van der Waals surface area contributed by atoms with Crippen molar-refractivity contribution in [3.8, 4) is 0 Å². The Balaban J connectivity index is 2.92. The van der Waals surface area contributed by atoms with E-state index in [9.17, 15) is 9.59 Å². The fraction of sp³-hybridized carbons (Fsp3) is 0.400. The van der Waals surface area contributed by atoms with E-state index in [1.807, 2.05) is 0 Å². The van der Waals surface area contributed by atoms with Crippen LogP contribution in [0.15, 0.2) is 5.16 Å². The second kappa shape index (κ2) is 2.09. The second-order valence-electron chi connectivity index (χ2n) is 1.98. The van der Waals surface area contributed by atoms with Crippen LogP contribution in [0.3, 0.4) is 0 Å². The van der Waals surface area contributed by atoms with E-state index in [1.54, 1.807) is 0 Å². The number of imide groups is 1. The van der Waals surface area contributed by atoms with Crippen molar-refractivity contribution in [2.75, 3.05) is 7.05 Å². The summed E-state index contributed by atoms with van der Waals surface area (Å²) < 4.78 is 0. The number of rotatable bonds is 0. The van der Waals surface area contributed by atoms with Crippen LogP contribution in [0.5, 0.6) is 0 Å². The molecule has 0 aliphatic carbocycles. The third-order valence-corrected chi connectivity index (χ3v) is 1.36. The van der Waals surface area contributed by atoms with E-state index >= 15 is 0 Å². The van der Waals surface area contributed by atoms with E-state index in [0.717, 1.165) is 4.90 Å². The van der Waals surface area contributed by atoms with Gasteiger partial charge < -0.3 is 5.21 Å². The minimum atomic E-state index is -0.521. The number of carbonyl (C=O) groups is 2. The molecule has 1 fully saturated rings. The smallest absolute Gasteiger partial charge is 0.278 e. The van der Waals surface area contributed by atoms with Crippen molar-refractivity contribution in [1.29, 1.82) is 0 Å². The summed E-state index contributed by atoms with van der Waals surface area (Å²) >= 11 is 0. The molecule has 1 rings (SSSR count). The van der Waals surface area contributed by atoms with Crippen molar-refractivity contribution in [3.63, 3.8) is 0 Å². The van der Waals surface area contributed by atoms with Gasteiger partial charge in [0.2, 0.25) is 5.91 Å². The molecule has 5 heteroatoms. The summed E-state index contributed by atoms with van der Waals surface area (Å²) in [6.07, 6.45) is -0.0914. The van der Waals surface area contributed by atoms with Gasteiger partial charge in [-0.1, -0.05) is 5.16 Å². The fourth-order valence-corrected chi connectivity index (χ4v) is 0.722. The zero-order valence-corrected chi connectivity index (χ0v) is 5.37. The van der Waals surface area contributed by atoms with Crippen molar-refractivity contribution >= 4 is 17.5 Å². The van der Waals surface area contributed by atoms with Gasteiger partial charge in [0, 0.05) is 7.05 Å². The van der Waals surface area contributed by atoms with Crippen LogP contribution in [0.4, 0.5) is 0 Å². The van der Waals surface area contributed by atoms with E-state index < -0.39 is 5.91 Å². The summed E-state index contributed by atoms with van der Waals surface area (Å²) in [5.74, 6) is -0.856. The highest BCUT2D eigenvalue weighted by Crippen LogP contribution is 2.05. The molecule has 0 radical (unpaired) electrons. The Kier molecular flexibility index (Phi) is 1.41. The number of oxime groups is 1. The monoisotopic (exact) mass is 142 g/mol. The first-order valence-electron chi connectivity index (χ1n) is 2.68. The molecule has 0 aromatic heterocycles. The molecule has 2 amide bonds. The van der Waals surface area contributed by atoms with E-state index in [1.165, 1.54) is 7.05 Å². The van der Waals surface area contributed by atoms with Crippen molar-refractivity contribution in [2.24, 2.45) is 5.16 Å². The number of amides is 2. The van der Waals surface area contributed by atoms with Gasteiger partial charge in [0.25, 0.3) is 5.91 Å². The van der Waals surface area contributed by atoms with Gasteiger partial charge in [0.05, 0.1) is 6.42 Å². The van der Waals surface area contributed by atoms with Gasteiger partial charge in [-0.3, -0.25) is 14.5 Å². The van der Waals surface area contributed by atoms with Crippen LogP contribution in [0, 0.1) is 0 Å². The quantitative estimate of drug-likeness (QED) is 0.273. The average Bonchev–Trinajstić information content (AvgIpc) is 2.17. The van der Waals surface area contributed by atoms with Crippen molar-refractivity contribution in [3.05, 3.63) is 0 Å². The Labute approximate surface area is 56.9 Å². The predicted molar refractivity (Wildman–Crippen MR) is 31.6 cm³/mol. The Morgan fingerprint density at radius 1 is 1.60 bits per heavy atom. The fourth-order valence-electron chi connectivity index (χ4n) is 0.722. The van der Waals surface area contributed by atoms with Crippen LogP contribution >= 0.6 is 0 Å². The minimum absolute atomic E-state index is 0.0903. The molecule has 0 aromatic carbocycles. The molecule has 1 aliphatic rings. The molecule has 0 atom stereocenters. The molecule has 54 valence electrons. The lowest BCUT2D eigenvalue weighted by molar-refractivity contribution is -0.135. The van der Waals surface area contributed by atoms with Crippen LogP contribution in [-0.4, -0.2) is 34.7 Å². The minimum Gasteiger partial charge on any atom is -0.410 e. The van der Waals surface area contributed by atoms with E-state index in [0.29, 0.717) is 0 Å². The highest BCUT2D eigenvalue weighted by Gasteiger charge is 2.32. The average molecular weight is 142 g/mol. The second-order valence-corrected chi connectivity index (χ2v) is 1.98. The van der Waals surface area contributed by atoms with Gasteiger partial charge in [-0.15, -0.1) is 0 Å². The van der Waals surface area contributed by atoms with Crippen LogP contribution in [0.2, 0.25) is 0 Å². The lowest BCUT2D eigenvalue weighted by Gasteiger charge is -2.00. The topological polar surface area (TPSA) is 70.0 Å². The molecule has 1 N–H and O–H groups in total. The molecule has 1 saturated heterocycles. The number of hydrogen-bond acceptors (Lipinski definition) is 4. The summed E-state index contributed by atoms with van der Waals surface area (Å²) in [5, 5.41) is 10.8.